The summed E-state index contributed by atoms with van der Waals surface area (Å²) in [4.78, 5) is 12.6. The van der Waals surface area contributed by atoms with Gasteiger partial charge in [0.15, 0.2) is 11.2 Å². The first kappa shape index (κ1) is 19.7. The number of hydrogen-bond acceptors (Lipinski definition) is 7. The van der Waals surface area contributed by atoms with E-state index in [9.17, 15) is 8.42 Å². The molecule has 0 saturated heterocycles. The van der Waals surface area contributed by atoms with Gasteiger partial charge in [0, 0.05) is 18.0 Å². The van der Waals surface area contributed by atoms with Gasteiger partial charge in [0.25, 0.3) is 10.0 Å². The first-order valence-electron chi connectivity index (χ1n) is 9.61. The Kier molecular flexibility index (Phi) is 5.00. The molecule has 5 rings (SSSR count). The summed E-state index contributed by atoms with van der Waals surface area (Å²) in [6.07, 6.45) is 3.10. The lowest BCUT2D eigenvalue weighted by molar-refractivity contribution is 0.482. The maximum Gasteiger partial charge on any atom is 0.263 e. The van der Waals surface area contributed by atoms with Crippen molar-refractivity contribution in [1.82, 2.24) is 15.0 Å². The van der Waals surface area contributed by atoms with E-state index in [0.717, 1.165) is 0 Å². The minimum absolute atomic E-state index is 0.0798. The molecule has 32 heavy (non-hydrogen) atoms. The van der Waals surface area contributed by atoms with Crippen LogP contribution in [0.25, 0.3) is 22.7 Å². The van der Waals surface area contributed by atoms with Gasteiger partial charge in [-0.1, -0.05) is 18.2 Å². The first-order valence-corrected chi connectivity index (χ1v) is 11.1. The molecule has 0 saturated carbocycles. The van der Waals surface area contributed by atoms with E-state index in [1.165, 1.54) is 18.3 Å². The van der Waals surface area contributed by atoms with Crippen molar-refractivity contribution in [1.29, 1.82) is 0 Å². The molecule has 158 valence electrons. The lowest BCUT2D eigenvalue weighted by Crippen LogP contribution is -2.13. The van der Waals surface area contributed by atoms with Crippen LogP contribution in [0.1, 0.15) is 0 Å². The highest BCUT2D eigenvalue weighted by Gasteiger charge is 2.17. The average molecular weight is 444 g/mol. The van der Waals surface area contributed by atoms with Gasteiger partial charge in [-0.25, -0.2) is 18.4 Å². The Bertz CT molecular complexity index is 1450. The van der Waals surface area contributed by atoms with Crippen molar-refractivity contribution in [3.63, 3.8) is 0 Å². The summed E-state index contributed by atoms with van der Waals surface area (Å²) in [5, 5.41) is 0. The third kappa shape index (κ3) is 4.14. The van der Waals surface area contributed by atoms with Crippen molar-refractivity contribution in [2.75, 3.05) is 4.72 Å². The summed E-state index contributed by atoms with van der Waals surface area (Å²) in [6, 6.07) is 22.1. The highest BCUT2D eigenvalue weighted by molar-refractivity contribution is 7.92. The molecular formula is C23H16N4O4S. The van der Waals surface area contributed by atoms with E-state index in [4.69, 9.17) is 9.15 Å². The summed E-state index contributed by atoms with van der Waals surface area (Å²) >= 11 is 0. The first-order chi connectivity index (χ1) is 15.6. The number of hydrogen-bond donors (Lipinski definition) is 1. The maximum atomic E-state index is 12.8. The number of nitrogens with zero attached hydrogens (tertiary/aromatic N) is 3. The molecule has 0 aliphatic heterocycles. The smallest absolute Gasteiger partial charge is 0.263 e. The number of rotatable bonds is 6. The van der Waals surface area contributed by atoms with Crippen LogP contribution in [0.5, 0.6) is 11.5 Å². The van der Waals surface area contributed by atoms with E-state index in [0.29, 0.717) is 34.2 Å². The molecule has 2 aromatic carbocycles. The Hall–Kier alpha value is -4.24. The largest absolute Gasteiger partial charge is 0.457 e. The highest BCUT2D eigenvalue weighted by atomic mass is 32.2. The van der Waals surface area contributed by atoms with E-state index in [1.807, 2.05) is 30.3 Å². The summed E-state index contributed by atoms with van der Waals surface area (Å²) in [6.45, 7) is 0. The van der Waals surface area contributed by atoms with Crippen LogP contribution in [0.4, 0.5) is 5.82 Å². The molecule has 0 aliphatic carbocycles. The Labute approximate surface area is 183 Å². The van der Waals surface area contributed by atoms with Crippen LogP contribution in [0.15, 0.2) is 101 Å². The number of ether oxygens (including phenoxy) is 1. The van der Waals surface area contributed by atoms with E-state index in [-0.39, 0.29) is 10.7 Å². The van der Waals surface area contributed by atoms with Gasteiger partial charge in [-0.3, -0.25) is 4.72 Å². The van der Waals surface area contributed by atoms with E-state index < -0.39 is 10.0 Å². The van der Waals surface area contributed by atoms with Crippen molar-refractivity contribution < 1.29 is 17.6 Å². The SMILES string of the molecule is O=S(=O)(Nc1cc(-c2nc3ncccc3o2)ccn1)c1ccc(Oc2ccccc2)cc1. The molecule has 5 aromatic rings. The molecule has 0 fully saturated rings. The zero-order valence-electron chi connectivity index (χ0n) is 16.5. The Morgan fingerprint density at radius 2 is 1.59 bits per heavy atom. The standard InChI is InChI=1S/C23H16N4O4S/c28-32(29,19-10-8-18(9-11-19)30-17-5-2-1-3-6-17)27-21-15-16(12-14-24-21)23-26-22-20(31-23)7-4-13-25-22/h1-15H,(H,24,27). The quantitative estimate of drug-likeness (QED) is 0.398. The van der Waals surface area contributed by atoms with Crippen LogP contribution < -0.4 is 9.46 Å². The van der Waals surface area contributed by atoms with E-state index in [2.05, 4.69) is 19.7 Å². The second-order valence-corrected chi connectivity index (χ2v) is 8.45. The molecule has 0 unspecified atom stereocenters. The number of nitrogens with one attached hydrogen (secondary N) is 1. The fraction of sp³-hybridized carbons (Fsp3) is 0. The van der Waals surface area contributed by atoms with Gasteiger partial charge in [0.2, 0.25) is 5.89 Å². The number of pyridine rings is 2. The summed E-state index contributed by atoms with van der Waals surface area (Å²) in [5.74, 6) is 1.66. The molecule has 8 nitrogen and oxygen atoms in total. The van der Waals surface area contributed by atoms with Crippen molar-refractivity contribution in [3.8, 4) is 23.0 Å². The summed E-state index contributed by atoms with van der Waals surface area (Å²) < 4.78 is 39.5. The Morgan fingerprint density at radius 1 is 0.812 bits per heavy atom. The van der Waals surface area contributed by atoms with Gasteiger partial charge in [-0.15, -0.1) is 0 Å². The van der Waals surface area contributed by atoms with Crippen LogP contribution in [0.3, 0.4) is 0 Å². The molecule has 3 heterocycles. The molecule has 0 spiro atoms. The molecular weight excluding hydrogens is 428 g/mol. The molecule has 1 N–H and O–H groups in total. The number of fused-ring (bicyclic) bond motifs is 1. The van der Waals surface area contributed by atoms with Crippen LogP contribution in [0, 0.1) is 0 Å². The van der Waals surface area contributed by atoms with Crippen LogP contribution in [-0.4, -0.2) is 23.4 Å². The molecule has 0 bridgehead atoms. The lowest BCUT2D eigenvalue weighted by atomic mass is 10.2. The topological polar surface area (TPSA) is 107 Å². The third-order valence-electron chi connectivity index (χ3n) is 4.52. The van der Waals surface area contributed by atoms with Crippen LogP contribution >= 0.6 is 0 Å². The maximum absolute atomic E-state index is 12.8. The number of anilines is 1. The summed E-state index contributed by atoms with van der Waals surface area (Å²) in [5.41, 5.74) is 1.58. The molecule has 0 amide bonds. The number of para-hydroxylation sites is 1. The zero-order valence-corrected chi connectivity index (χ0v) is 17.4. The van der Waals surface area contributed by atoms with E-state index >= 15 is 0 Å². The Morgan fingerprint density at radius 3 is 2.38 bits per heavy atom. The van der Waals surface area contributed by atoms with Crippen LogP contribution in [-0.2, 0) is 10.0 Å². The monoisotopic (exact) mass is 444 g/mol. The number of benzene rings is 2. The number of aromatic nitrogens is 3. The normalized spacial score (nSPS) is 11.4. The average Bonchev–Trinajstić information content (AvgIpc) is 3.25. The van der Waals surface area contributed by atoms with Gasteiger partial charge in [0.05, 0.1) is 4.90 Å². The third-order valence-corrected chi connectivity index (χ3v) is 5.89. The predicted molar refractivity (Wildman–Crippen MR) is 119 cm³/mol. The molecule has 0 atom stereocenters. The molecule has 3 aromatic heterocycles. The van der Waals surface area contributed by atoms with E-state index in [1.54, 1.807) is 42.6 Å². The fourth-order valence-corrected chi connectivity index (χ4v) is 4.02. The Balaban J connectivity index is 1.35. The molecule has 0 radical (unpaired) electrons. The zero-order chi connectivity index (χ0) is 22.0. The lowest BCUT2D eigenvalue weighted by Gasteiger charge is -2.09. The van der Waals surface area contributed by atoms with Gasteiger partial charge >= 0.3 is 0 Å². The number of oxazole rings is 1. The minimum atomic E-state index is -3.86. The second kappa shape index (κ2) is 8.12. The van der Waals surface area contributed by atoms with Gasteiger partial charge in [-0.2, -0.15) is 4.98 Å². The van der Waals surface area contributed by atoms with Gasteiger partial charge in [-0.05, 0) is 60.7 Å². The summed E-state index contributed by atoms with van der Waals surface area (Å²) in [7, 11) is -3.86. The van der Waals surface area contributed by atoms with Gasteiger partial charge < -0.3 is 9.15 Å². The molecule has 0 aliphatic rings. The minimum Gasteiger partial charge on any atom is -0.457 e. The van der Waals surface area contributed by atoms with Crippen LogP contribution in [0.2, 0.25) is 0 Å². The van der Waals surface area contributed by atoms with Crippen molar-refractivity contribution >= 4 is 27.1 Å². The number of sulfonamides is 1. The van der Waals surface area contributed by atoms with Gasteiger partial charge in [0.1, 0.15) is 17.3 Å². The van der Waals surface area contributed by atoms with Crippen molar-refractivity contribution in [2.24, 2.45) is 0 Å². The van der Waals surface area contributed by atoms with Crippen molar-refractivity contribution in [3.05, 3.63) is 91.3 Å². The fourth-order valence-electron chi connectivity index (χ4n) is 3.02. The molecule has 9 heteroatoms. The second-order valence-electron chi connectivity index (χ2n) is 6.77. The van der Waals surface area contributed by atoms with Crippen molar-refractivity contribution in [2.45, 2.75) is 4.90 Å². The predicted octanol–water partition coefficient (Wildman–Crippen LogP) is 4.88. The highest BCUT2D eigenvalue weighted by Crippen LogP contribution is 2.26.